The topological polar surface area (TPSA) is 12.5 Å². The normalized spacial score (nSPS) is 28.5. The second-order valence-corrected chi connectivity index (χ2v) is 8.92. The molecule has 0 saturated carbocycles. The highest BCUT2D eigenvalue weighted by molar-refractivity contribution is 4.93. The van der Waals surface area contributed by atoms with E-state index in [2.05, 4.69) is 67.2 Å². The van der Waals surface area contributed by atoms with Gasteiger partial charge in [-0.15, -0.1) is 0 Å². The first kappa shape index (κ1) is 16.0. The minimum atomic E-state index is 0.202. The van der Waals surface area contributed by atoms with Crippen LogP contribution in [0.2, 0.25) is 0 Å². The van der Waals surface area contributed by atoms with E-state index >= 15 is 0 Å². The van der Waals surface area contributed by atoms with Crippen LogP contribution in [-0.4, -0.2) is 35.7 Å². The average Bonchev–Trinajstić information content (AvgIpc) is 2.13. The average molecular weight is 255 g/mol. The number of nitrogens with zero attached hydrogens (tertiary/aromatic N) is 1. The highest BCUT2D eigenvalue weighted by Crippen LogP contribution is 2.35. The quantitative estimate of drug-likeness (QED) is 0.650. The Labute approximate surface area is 114 Å². The lowest BCUT2D eigenvalue weighted by atomic mass is 9.82. The van der Waals surface area contributed by atoms with Gasteiger partial charge in [0.2, 0.25) is 0 Å². The van der Waals surface area contributed by atoms with Gasteiger partial charge in [0, 0.05) is 18.6 Å². The molecule has 2 atom stereocenters. The van der Waals surface area contributed by atoms with Gasteiger partial charge in [-0.1, -0.05) is 41.5 Å². The maximum atomic E-state index is 6.40. The lowest BCUT2D eigenvalue weighted by Gasteiger charge is -2.51. The zero-order chi connectivity index (χ0) is 14.4. The van der Waals surface area contributed by atoms with Crippen LogP contribution in [0.4, 0.5) is 0 Å². The molecule has 1 rings (SSSR count). The van der Waals surface area contributed by atoms with Crippen LogP contribution in [0.5, 0.6) is 0 Å². The molecule has 2 nitrogen and oxygen atoms in total. The highest BCUT2D eigenvalue weighted by atomic mass is 16.5. The smallest absolute Gasteiger partial charge is 0.0755 e. The molecule has 0 N–H and O–H groups in total. The number of hydrogen-bond acceptors (Lipinski definition) is 2. The molecule has 1 heterocycles. The van der Waals surface area contributed by atoms with E-state index in [4.69, 9.17) is 4.74 Å². The Hall–Kier alpha value is -0.0800. The van der Waals surface area contributed by atoms with Gasteiger partial charge in [0.25, 0.3) is 0 Å². The Morgan fingerprint density at radius 2 is 1.06 bits per heavy atom. The summed E-state index contributed by atoms with van der Waals surface area (Å²) in [6, 6.07) is 0. The van der Waals surface area contributed by atoms with Gasteiger partial charge in [-0.2, -0.15) is 0 Å². The molecular weight excluding hydrogens is 222 g/mol. The summed E-state index contributed by atoms with van der Waals surface area (Å²) in [7, 11) is 0. The summed E-state index contributed by atoms with van der Waals surface area (Å²) in [5, 5.41) is 0. The molecule has 0 aliphatic carbocycles. The van der Waals surface area contributed by atoms with Gasteiger partial charge >= 0.3 is 0 Å². The lowest BCUT2D eigenvalue weighted by molar-refractivity contribution is -0.173. The fourth-order valence-electron chi connectivity index (χ4n) is 2.26. The van der Waals surface area contributed by atoms with Crippen LogP contribution in [0.3, 0.4) is 0 Å². The van der Waals surface area contributed by atoms with Crippen LogP contribution in [0.25, 0.3) is 0 Å². The number of rotatable bonds is 0. The summed E-state index contributed by atoms with van der Waals surface area (Å²) in [4.78, 5) is 2.59. The summed E-state index contributed by atoms with van der Waals surface area (Å²) in [5.74, 6) is 0. The van der Waals surface area contributed by atoms with Crippen LogP contribution in [-0.2, 0) is 4.74 Å². The molecule has 1 aliphatic heterocycles. The maximum Gasteiger partial charge on any atom is 0.0755 e. The molecule has 1 fully saturated rings. The largest absolute Gasteiger partial charge is 0.371 e. The molecule has 2 heteroatoms. The molecule has 2 unspecified atom stereocenters. The zero-order valence-electron chi connectivity index (χ0n) is 13.9. The first-order chi connectivity index (χ1) is 7.82. The molecule has 0 bridgehead atoms. The SMILES string of the molecule is CC(C)(C)C1CN(C(C)(C)C)CC(C(C)(C)C)O1. The summed E-state index contributed by atoms with van der Waals surface area (Å²) in [6.45, 7) is 22.7. The van der Waals surface area contributed by atoms with Crippen molar-refractivity contribution in [2.75, 3.05) is 13.1 Å². The predicted octanol–water partition coefficient (Wildman–Crippen LogP) is 3.95. The molecule has 18 heavy (non-hydrogen) atoms. The molecule has 0 aromatic carbocycles. The van der Waals surface area contributed by atoms with Crippen molar-refractivity contribution in [3.05, 3.63) is 0 Å². The number of hydrogen-bond donors (Lipinski definition) is 0. The first-order valence-corrected chi connectivity index (χ1v) is 7.22. The fraction of sp³-hybridized carbons (Fsp3) is 1.00. The van der Waals surface area contributed by atoms with Crippen molar-refractivity contribution in [3.63, 3.8) is 0 Å². The van der Waals surface area contributed by atoms with Crippen LogP contribution in [0.1, 0.15) is 62.3 Å². The maximum absolute atomic E-state index is 6.40. The predicted molar refractivity (Wildman–Crippen MR) is 78.9 cm³/mol. The Balaban J connectivity index is 2.93. The summed E-state index contributed by atoms with van der Waals surface area (Å²) in [5.41, 5.74) is 0.623. The Bertz CT molecular complexity index is 223. The van der Waals surface area contributed by atoms with Gasteiger partial charge in [0.1, 0.15) is 0 Å². The fourth-order valence-corrected chi connectivity index (χ4v) is 2.26. The van der Waals surface area contributed by atoms with Gasteiger partial charge in [0.15, 0.2) is 0 Å². The number of morpholine rings is 1. The van der Waals surface area contributed by atoms with Gasteiger partial charge in [-0.05, 0) is 31.6 Å². The van der Waals surface area contributed by atoms with E-state index in [1.54, 1.807) is 0 Å². The van der Waals surface area contributed by atoms with Crippen LogP contribution in [0, 0.1) is 10.8 Å². The van der Waals surface area contributed by atoms with Crippen LogP contribution >= 0.6 is 0 Å². The second kappa shape index (κ2) is 4.79. The van der Waals surface area contributed by atoms with Crippen molar-refractivity contribution in [2.45, 2.75) is 80.1 Å². The Morgan fingerprint density at radius 3 is 1.28 bits per heavy atom. The third kappa shape index (κ3) is 3.96. The van der Waals surface area contributed by atoms with Crippen LogP contribution < -0.4 is 0 Å². The highest BCUT2D eigenvalue weighted by Gasteiger charge is 2.42. The van der Waals surface area contributed by atoms with Crippen molar-refractivity contribution >= 4 is 0 Å². The minimum Gasteiger partial charge on any atom is -0.371 e. The molecule has 1 saturated heterocycles. The van der Waals surface area contributed by atoms with Gasteiger partial charge in [-0.3, -0.25) is 4.90 Å². The molecule has 0 aromatic heterocycles. The van der Waals surface area contributed by atoms with E-state index < -0.39 is 0 Å². The Morgan fingerprint density at radius 1 is 0.722 bits per heavy atom. The summed E-state index contributed by atoms with van der Waals surface area (Å²) >= 11 is 0. The second-order valence-electron chi connectivity index (χ2n) is 8.92. The van der Waals surface area contributed by atoms with E-state index in [1.807, 2.05) is 0 Å². The third-order valence-electron chi connectivity index (χ3n) is 3.98. The molecule has 1 aliphatic rings. The van der Waals surface area contributed by atoms with Crippen LogP contribution in [0.15, 0.2) is 0 Å². The summed E-state index contributed by atoms with van der Waals surface area (Å²) < 4.78 is 6.40. The van der Waals surface area contributed by atoms with Gasteiger partial charge in [0.05, 0.1) is 12.2 Å². The standard InChI is InChI=1S/C16H33NO/c1-14(2,3)12-10-17(16(7,8)9)11-13(18-12)15(4,5)6/h12-13H,10-11H2,1-9H3. The van der Waals surface area contributed by atoms with Crippen molar-refractivity contribution in [2.24, 2.45) is 10.8 Å². The summed E-state index contributed by atoms with van der Waals surface area (Å²) in [6.07, 6.45) is 0.629. The Kier molecular flexibility index (Phi) is 4.25. The van der Waals surface area contributed by atoms with E-state index in [0.717, 1.165) is 13.1 Å². The van der Waals surface area contributed by atoms with Crippen molar-refractivity contribution < 1.29 is 4.74 Å². The van der Waals surface area contributed by atoms with Crippen molar-refractivity contribution in [1.29, 1.82) is 0 Å². The zero-order valence-corrected chi connectivity index (χ0v) is 13.9. The minimum absolute atomic E-state index is 0.202. The van der Waals surface area contributed by atoms with Crippen molar-refractivity contribution in [3.8, 4) is 0 Å². The van der Waals surface area contributed by atoms with E-state index in [0.29, 0.717) is 12.2 Å². The number of ether oxygens (including phenoxy) is 1. The first-order valence-electron chi connectivity index (χ1n) is 7.22. The van der Waals surface area contributed by atoms with E-state index in [-0.39, 0.29) is 16.4 Å². The monoisotopic (exact) mass is 255 g/mol. The molecule has 0 spiro atoms. The molecule has 108 valence electrons. The van der Waals surface area contributed by atoms with Gasteiger partial charge in [-0.25, -0.2) is 0 Å². The molecular formula is C16H33NO. The molecule has 0 aromatic rings. The molecule has 0 amide bonds. The molecule has 0 radical (unpaired) electrons. The van der Waals surface area contributed by atoms with Crippen molar-refractivity contribution in [1.82, 2.24) is 4.90 Å². The van der Waals surface area contributed by atoms with E-state index in [9.17, 15) is 0 Å². The van der Waals surface area contributed by atoms with Gasteiger partial charge < -0.3 is 4.74 Å². The van der Waals surface area contributed by atoms with E-state index in [1.165, 1.54) is 0 Å². The lowest BCUT2D eigenvalue weighted by Crippen LogP contribution is -2.60. The third-order valence-corrected chi connectivity index (χ3v) is 3.98.